The largest absolute Gasteiger partial charge is 0.384 e. The number of anilines is 1. The van der Waals surface area contributed by atoms with Crippen molar-refractivity contribution >= 4 is 32.5 Å². The molecule has 0 bridgehead atoms. The van der Waals surface area contributed by atoms with E-state index in [1.165, 1.54) is 0 Å². The number of nitrogen functional groups attached to an aromatic ring is 1. The van der Waals surface area contributed by atoms with Gasteiger partial charge in [-0.1, -0.05) is 5.92 Å². The molecule has 0 atom stereocenters. The molecule has 3 heteroatoms. The van der Waals surface area contributed by atoms with Crippen molar-refractivity contribution < 1.29 is 0 Å². The molecule has 0 saturated carbocycles. The summed E-state index contributed by atoms with van der Waals surface area (Å²) in [4.78, 5) is 4.01. The van der Waals surface area contributed by atoms with E-state index in [2.05, 4.69) is 26.8 Å². The first-order chi connectivity index (χ1) is 6.70. The van der Waals surface area contributed by atoms with E-state index in [0.29, 0.717) is 5.82 Å². The zero-order valence-electron chi connectivity index (χ0n) is 7.29. The Hall–Kier alpha value is -1.53. The summed E-state index contributed by atoms with van der Waals surface area (Å²) in [5, 5.41) is 2.03. The van der Waals surface area contributed by atoms with Gasteiger partial charge >= 0.3 is 0 Å². The van der Waals surface area contributed by atoms with Crippen LogP contribution < -0.4 is 5.73 Å². The summed E-state index contributed by atoms with van der Waals surface area (Å²) in [6.45, 7) is 0. The van der Waals surface area contributed by atoms with Crippen molar-refractivity contribution in [2.75, 3.05) is 5.73 Å². The summed E-state index contributed by atoms with van der Waals surface area (Å²) < 4.78 is 0.902. The molecule has 0 aliphatic heterocycles. The van der Waals surface area contributed by atoms with Crippen molar-refractivity contribution in [1.82, 2.24) is 4.98 Å². The maximum atomic E-state index is 5.58. The number of aromatic nitrogens is 1. The predicted octanol–water partition coefficient (Wildman–Crippen LogP) is 2.56. The third-order valence-electron chi connectivity index (χ3n) is 1.98. The van der Waals surface area contributed by atoms with E-state index in [0.717, 1.165) is 20.8 Å². The molecule has 0 aliphatic rings. The Morgan fingerprint density at radius 2 is 2.07 bits per heavy atom. The Balaban J connectivity index is 2.82. The van der Waals surface area contributed by atoms with Gasteiger partial charge in [0.15, 0.2) is 0 Å². The monoisotopic (exact) mass is 246 g/mol. The first-order valence-electron chi connectivity index (χ1n) is 4.02. The fraction of sp³-hybridized carbons (Fsp3) is 0. The summed E-state index contributed by atoms with van der Waals surface area (Å²) >= 11 is 3.39. The average Bonchev–Trinajstić information content (AvgIpc) is 2.17. The molecule has 2 nitrogen and oxygen atoms in total. The van der Waals surface area contributed by atoms with Gasteiger partial charge in [-0.15, -0.1) is 6.42 Å². The van der Waals surface area contributed by atoms with Gasteiger partial charge in [0, 0.05) is 21.6 Å². The zero-order chi connectivity index (χ0) is 10.1. The van der Waals surface area contributed by atoms with Crippen molar-refractivity contribution in [3.05, 3.63) is 34.4 Å². The zero-order valence-corrected chi connectivity index (χ0v) is 8.88. The highest BCUT2D eigenvalue weighted by Gasteiger charge is 2.01. The van der Waals surface area contributed by atoms with Gasteiger partial charge in [-0.3, -0.25) is 0 Å². The van der Waals surface area contributed by atoms with E-state index >= 15 is 0 Å². The highest BCUT2D eigenvalue weighted by Crippen LogP contribution is 2.24. The summed E-state index contributed by atoms with van der Waals surface area (Å²) in [6, 6.07) is 5.66. The number of hydrogen-bond acceptors (Lipinski definition) is 2. The van der Waals surface area contributed by atoms with Crippen molar-refractivity contribution in [2.24, 2.45) is 0 Å². The molecule has 68 valence electrons. The molecule has 1 heterocycles. The number of rotatable bonds is 0. The van der Waals surface area contributed by atoms with E-state index in [4.69, 9.17) is 12.2 Å². The van der Waals surface area contributed by atoms with Crippen molar-refractivity contribution in [3.8, 4) is 12.3 Å². The quantitative estimate of drug-likeness (QED) is 0.726. The van der Waals surface area contributed by atoms with Crippen LogP contribution in [0.3, 0.4) is 0 Å². The molecule has 1 aromatic carbocycles. The van der Waals surface area contributed by atoms with Crippen LogP contribution in [-0.2, 0) is 0 Å². The van der Waals surface area contributed by atoms with Crippen LogP contribution >= 0.6 is 15.9 Å². The highest BCUT2D eigenvalue weighted by molar-refractivity contribution is 9.10. The van der Waals surface area contributed by atoms with Crippen LogP contribution in [0.25, 0.3) is 10.8 Å². The van der Waals surface area contributed by atoms with Gasteiger partial charge in [-0.2, -0.15) is 0 Å². The maximum Gasteiger partial charge on any atom is 0.123 e. The van der Waals surface area contributed by atoms with Crippen LogP contribution in [0.5, 0.6) is 0 Å². The standard InChI is InChI=1S/C11H7BrN2/c1-2-7-3-8-5-11(13)14-6-9(8)4-10(7)12/h1,3-6H,(H2,13,14). The van der Waals surface area contributed by atoms with Gasteiger partial charge in [-0.05, 0) is 39.5 Å². The molecule has 0 saturated heterocycles. The minimum absolute atomic E-state index is 0.503. The average molecular weight is 247 g/mol. The maximum absolute atomic E-state index is 5.58. The lowest BCUT2D eigenvalue weighted by molar-refractivity contribution is 1.37. The molecule has 0 aliphatic carbocycles. The topological polar surface area (TPSA) is 38.9 Å². The predicted molar refractivity (Wildman–Crippen MR) is 61.8 cm³/mol. The summed E-state index contributed by atoms with van der Waals surface area (Å²) in [6.07, 6.45) is 7.08. The van der Waals surface area contributed by atoms with Crippen LogP contribution in [0.2, 0.25) is 0 Å². The molecule has 14 heavy (non-hydrogen) atoms. The lowest BCUT2D eigenvalue weighted by atomic mass is 10.1. The number of terminal acetylenes is 1. The molecule has 0 unspecified atom stereocenters. The van der Waals surface area contributed by atoms with Gasteiger partial charge in [0.25, 0.3) is 0 Å². The van der Waals surface area contributed by atoms with E-state index in [1.54, 1.807) is 6.20 Å². The van der Waals surface area contributed by atoms with Crippen molar-refractivity contribution in [2.45, 2.75) is 0 Å². The number of halogens is 1. The molecule has 2 N–H and O–H groups in total. The van der Waals surface area contributed by atoms with Gasteiger partial charge in [0.1, 0.15) is 5.82 Å². The molecular formula is C11H7BrN2. The van der Waals surface area contributed by atoms with Gasteiger partial charge in [-0.25, -0.2) is 4.98 Å². The van der Waals surface area contributed by atoms with Crippen LogP contribution in [0.4, 0.5) is 5.82 Å². The molecular weight excluding hydrogens is 240 g/mol. The third kappa shape index (κ3) is 1.45. The number of nitrogens with zero attached hydrogens (tertiary/aromatic N) is 1. The van der Waals surface area contributed by atoms with Gasteiger partial charge in [0.05, 0.1) is 0 Å². The second kappa shape index (κ2) is 3.32. The smallest absolute Gasteiger partial charge is 0.123 e. The molecule has 0 fully saturated rings. The van der Waals surface area contributed by atoms with Crippen LogP contribution in [0.15, 0.2) is 28.9 Å². The Morgan fingerprint density at radius 3 is 2.79 bits per heavy atom. The van der Waals surface area contributed by atoms with Crippen LogP contribution in [0.1, 0.15) is 5.56 Å². The minimum Gasteiger partial charge on any atom is -0.384 e. The van der Waals surface area contributed by atoms with E-state index in [9.17, 15) is 0 Å². The van der Waals surface area contributed by atoms with Crippen LogP contribution in [0, 0.1) is 12.3 Å². The molecule has 1 aromatic heterocycles. The third-order valence-corrected chi connectivity index (χ3v) is 2.64. The van der Waals surface area contributed by atoms with Crippen molar-refractivity contribution in [1.29, 1.82) is 0 Å². The van der Waals surface area contributed by atoms with Gasteiger partial charge in [0.2, 0.25) is 0 Å². The number of pyridine rings is 1. The minimum atomic E-state index is 0.503. The van der Waals surface area contributed by atoms with E-state index < -0.39 is 0 Å². The Bertz CT molecular complexity index is 541. The molecule has 0 radical (unpaired) electrons. The molecule has 2 aromatic rings. The SMILES string of the molecule is C#Cc1cc2cc(N)ncc2cc1Br. The molecule has 0 spiro atoms. The fourth-order valence-electron chi connectivity index (χ4n) is 1.29. The van der Waals surface area contributed by atoms with E-state index in [-0.39, 0.29) is 0 Å². The number of nitrogens with two attached hydrogens (primary N) is 1. The fourth-order valence-corrected chi connectivity index (χ4v) is 1.77. The Labute approximate surface area is 90.3 Å². The number of fused-ring (bicyclic) bond motifs is 1. The lowest BCUT2D eigenvalue weighted by Crippen LogP contribution is -1.89. The number of hydrogen-bond donors (Lipinski definition) is 1. The Kier molecular flexibility index (Phi) is 2.14. The second-order valence-electron chi connectivity index (χ2n) is 2.93. The summed E-state index contributed by atoms with van der Waals surface area (Å²) in [7, 11) is 0. The summed E-state index contributed by atoms with van der Waals surface area (Å²) in [5.41, 5.74) is 6.40. The van der Waals surface area contributed by atoms with Crippen molar-refractivity contribution in [3.63, 3.8) is 0 Å². The Morgan fingerprint density at radius 1 is 1.29 bits per heavy atom. The van der Waals surface area contributed by atoms with E-state index in [1.807, 2.05) is 18.2 Å². The highest BCUT2D eigenvalue weighted by atomic mass is 79.9. The summed E-state index contributed by atoms with van der Waals surface area (Å²) in [5.74, 6) is 3.10. The van der Waals surface area contributed by atoms with Gasteiger partial charge < -0.3 is 5.73 Å². The second-order valence-corrected chi connectivity index (χ2v) is 3.79. The lowest BCUT2D eigenvalue weighted by Gasteiger charge is -2.02. The first kappa shape index (κ1) is 9.04. The molecule has 0 amide bonds. The first-order valence-corrected chi connectivity index (χ1v) is 4.81. The normalized spacial score (nSPS) is 10.0. The molecule has 2 rings (SSSR count). The number of benzene rings is 1. The van der Waals surface area contributed by atoms with Crippen LogP contribution in [-0.4, -0.2) is 4.98 Å².